The average molecular weight is 713 g/mol. The zero-order valence-electron chi connectivity index (χ0n) is 30.7. The molecular formula is C40H44N2O10. The molecule has 12 nitrogen and oxygen atoms in total. The summed E-state index contributed by atoms with van der Waals surface area (Å²) in [4.78, 5) is 111. The number of nitrogens with zero attached hydrogens (tertiary/aromatic N) is 2. The van der Waals surface area contributed by atoms with Crippen LogP contribution in [-0.4, -0.2) is 92.1 Å². The van der Waals surface area contributed by atoms with E-state index < -0.39 is 82.0 Å². The molecule has 0 spiro atoms. The van der Waals surface area contributed by atoms with Gasteiger partial charge in [-0.25, -0.2) is 9.59 Å². The van der Waals surface area contributed by atoms with Crippen LogP contribution in [0.5, 0.6) is 0 Å². The van der Waals surface area contributed by atoms with Crippen molar-refractivity contribution in [2.24, 2.45) is 11.8 Å². The highest BCUT2D eigenvalue weighted by Crippen LogP contribution is 2.39. The molecule has 12 heteroatoms. The number of carbonyl (C=O) groups is 8. The first kappa shape index (κ1) is 36.8. The van der Waals surface area contributed by atoms with E-state index in [1.807, 2.05) is 0 Å². The van der Waals surface area contributed by atoms with Crippen LogP contribution in [0.3, 0.4) is 0 Å². The predicted octanol–water partition coefficient (Wildman–Crippen LogP) is 6.06. The van der Waals surface area contributed by atoms with Crippen LogP contribution in [0.25, 0.3) is 11.1 Å². The Labute approximate surface area is 302 Å². The number of hydrogen-bond donors (Lipinski definition) is 0. The number of ketones is 6. The molecule has 2 heterocycles. The van der Waals surface area contributed by atoms with Gasteiger partial charge < -0.3 is 9.47 Å². The number of carbonyl (C=O) groups excluding carboxylic acids is 8. The van der Waals surface area contributed by atoms with Gasteiger partial charge in [0.05, 0.1) is 12.1 Å². The van der Waals surface area contributed by atoms with Crippen LogP contribution < -0.4 is 0 Å². The molecule has 0 bridgehead atoms. The number of likely N-dealkylation sites (tertiary alicyclic amines) is 2. The Balaban J connectivity index is 1.23. The van der Waals surface area contributed by atoms with Crippen LogP contribution in [0.15, 0.2) is 36.4 Å². The van der Waals surface area contributed by atoms with E-state index in [0.717, 1.165) is 0 Å². The first-order valence-electron chi connectivity index (χ1n) is 17.8. The van der Waals surface area contributed by atoms with Crippen LogP contribution in [0, 0.1) is 11.8 Å². The standard InChI is InChI=1S/C40H44N2O10/c1-19-9-15-27(41(19)37(49)51-39(3,4)5)35(47)29-31(43)23-13-11-21(17-25(23)33(29)45)22-12-14-24-26(18-22)34(46)30(32(24)44)36(48)28-16-10-20(2)42(28)38(50)52-40(6,7)8/h11-14,17-20,27-30H,9-10,15-16H2,1-8H3/t19-,20-,27+,28?,29?,30?/m1/s1. The van der Waals surface area contributed by atoms with Crippen molar-refractivity contribution in [1.82, 2.24) is 9.80 Å². The quantitative estimate of drug-likeness (QED) is 0.333. The van der Waals surface area contributed by atoms with E-state index >= 15 is 0 Å². The Morgan fingerprint density at radius 3 is 1.19 bits per heavy atom. The molecule has 2 fully saturated rings. The molecule has 4 aliphatic rings. The average Bonchev–Trinajstić information content (AvgIpc) is 3.76. The van der Waals surface area contributed by atoms with Crippen LogP contribution in [0.1, 0.15) is 123 Å². The SMILES string of the molecule is C[C@@H]1CCC(C(=O)C2C(=O)c3ccc(-c4ccc5c(c4)C(=O)C(C(=O)[C@@H]4CC[C@@H](C)N4C(=O)OC(C)(C)C)C5=O)cc3C2=O)N1C(=O)OC(C)(C)C. The van der Waals surface area contributed by atoms with Gasteiger partial charge >= 0.3 is 12.2 Å². The molecule has 2 aliphatic heterocycles. The zero-order chi connectivity index (χ0) is 38.2. The molecule has 0 N–H and O–H groups in total. The summed E-state index contributed by atoms with van der Waals surface area (Å²) < 4.78 is 11.0. The van der Waals surface area contributed by atoms with E-state index in [-0.39, 0.29) is 34.3 Å². The second-order valence-corrected chi connectivity index (χ2v) is 16.3. The smallest absolute Gasteiger partial charge is 0.411 e. The highest BCUT2D eigenvalue weighted by atomic mass is 16.6. The Morgan fingerprint density at radius 2 is 0.865 bits per heavy atom. The van der Waals surface area contributed by atoms with Gasteiger partial charge in [0, 0.05) is 34.3 Å². The summed E-state index contributed by atoms with van der Waals surface area (Å²) in [5.41, 5.74) is -0.438. The molecule has 2 aliphatic carbocycles. The summed E-state index contributed by atoms with van der Waals surface area (Å²) in [6.45, 7) is 13.9. The molecule has 2 aromatic rings. The van der Waals surface area contributed by atoms with E-state index in [2.05, 4.69) is 0 Å². The molecule has 0 saturated carbocycles. The van der Waals surface area contributed by atoms with Gasteiger partial charge in [-0.15, -0.1) is 0 Å². The maximum atomic E-state index is 13.8. The van der Waals surface area contributed by atoms with Crippen molar-refractivity contribution >= 4 is 46.9 Å². The third kappa shape index (κ3) is 6.36. The van der Waals surface area contributed by atoms with Gasteiger partial charge in [0.2, 0.25) is 0 Å². The first-order valence-corrected chi connectivity index (χ1v) is 17.8. The van der Waals surface area contributed by atoms with Crippen molar-refractivity contribution in [2.45, 2.75) is 116 Å². The van der Waals surface area contributed by atoms with E-state index in [1.54, 1.807) is 67.5 Å². The number of hydrogen-bond acceptors (Lipinski definition) is 10. The van der Waals surface area contributed by atoms with E-state index in [0.29, 0.717) is 36.8 Å². The zero-order valence-corrected chi connectivity index (χ0v) is 30.7. The lowest BCUT2D eigenvalue weighted by atomic mass is 9.92. The lowest BCUT2D eigenvalue weighted by molar-refractivity contribution is -0.125. The fraction of sp³-hybridized carbons (Fsp3) is 0.500. The van der Waals surface area contributed by atoms with Gasteiger partial charge in [0.1, 0.15) is 23.0 Å². The fourth-order valence-electron chi connectivity index (χ4n) is 7.82. The monoisotopic (exact) mass is 712 g/mol. The lowest BCUT2D eigenvalue weighted by Gasteiger charge is -2.31. The van der Waals surface area contributed by atoms with Crippen LogP contribution >= 0.6 is 0 Å². The van der Waals surface area contributed by atoms with E-state index in [4.69, 9.17) is 9.47 Å². The molecule has 6 rings (SSSR count). The highest BCUT2D eigenvalue weighted by Gasteiger charge is 2.52. The number of rotatable bonds is 5. The topological polar surface area (TPSA) is 162 Å². The highest BCUT2D eigenvalue weighted by molar-refractivity contribution is 6.37. The van der Waals surface area contributed by atoms with Gasteiger partial charge in [-0.05, 0) is 104 Å². The van der Waals surface area contributed by atoms with Crippen molar-refractivity contribution in [2.75, 3.05) is 0 Å². The Bertz CT molecular complexity index is 1810. The van der Waals surface area contributed by atoms with E-state index in [1.165, 1.54) is 34.1 Å². The third-order valence-electron chi connectivity index (χ3n) is 10.3. The largest absolute Gasteiger partial charge is 0.444 e. The molecule has 2 amide bonds. The Morgan fingerprint density at radius 1 is 0.538 bits per heavy atom. The first-order chi connectivity index (χ1) is 24.2. The Kier molecular flexibility index (Phi) is 9.12. The van der Waals surface area contributed by atoms with Crippen LogP contribution in [0.4, 0.5) is 9.59 Å². The maximum absolute atomic E-state index is 13.8. The molecule has 274 valence electrons. The number of ether oxygens (including phenoxy) is 2. The molecule has 0 radical (unpaired) electrons. The van der Waals surface area contributed by atoms with Crippen LogP contribution in [-0.2, 0) is 19.1 Å². The number of Topliss-reactive ketones (excluding diaryl/α,β-unsaturated/α-hetero) is 6. The van der Waals surface area contributed by atoms with Gasteiger partial charge in [0.25, 0.3) is 0 Å². The summed E-state index contributed by atoms with van der Waals surface area (Å²) in [6.07, 6.45) is 0.246. The number of fused-ring (bicyclic) bond motifs is 2. The van der Waals surface area contributed by atoms with Crippen molar-refractivity contribution in [3.05, 3.63) is 58.7 Å². The predicted molar refractivity (Wildman–Crippen MR) is 187 cm³/mol. The lowest BCUT2D eigenvalue weighted by Crippen LogP contribution is -2.49. The third-order valence-corrected chi connectivity index (χ3v) is 10.3. The Hall–Kier alpha value is -5.00. The van der Waals surface area contributed by atoms with E-state index in [9.17, 15) is 38.4 Å². The second-order valence-electron chi connectivity index (χ2n) is 16.3. The molecule has 0 aromatic heterocycles. The summed E-state index contributed by atoms with van der Waals surface area (Å²) in [5.74, 6) is -7.13. The molecule has 2 saturated heterocycles. The van der Waals surface area contributed by atoms with Crippen LogP contribution in [0.2, 0.25) is 0 Å². The number of amides is 2. The van der Waals surface area contributed by atoms with Gasteiger partial charge in [-0.3, -0.25) is 38.6 Å². The van der Waals surface area contributed by atoms with Gasteiger partial charge in [-0.2, -0.15) is 0 Å². The summed E-state index contributed by atoms with van der Waals surface area (Å²) in [7, 11) is 0. The minimum Gasteiger partial charge on any atom is -0.444 e. The molecule has 6 atom stereocenters. The summed E-state index contributed by atoms with van der Waals surface area (Å²) in [5, 5.41) is 0. The van der Waals surface area contributed by atoms with Crippen molar-refractivity contribution in [1.29, 1.82) is 0 Å². The van der Waals surface area contributed by atoms with Crippen molar-refractivity contribution in [3.8, 4) is 11.1 Å². The summed E-state index contributed by atoms with van der Waals surface area (Å²) in [6, 6.07) is 6.44. The normalized spacial score (nSPS) is 25.8. The van der Waals surface area contributed by atoms with Crippen molar-refractivity contribution in [3.63, 3.8) is 0 Å². The molecule has 3 unspecified atom stereocenters. The molecule has 2 aromatic carbocycles. The minimum absolute atomic E-state index is 0.0456. The minimum atomic E-state index is -1.60. The second kappa shape index (κ2) is 12.9. The molecular weight excluding hydrogens is 668 g/mol. The van der Waals surface area contributed by atoms with Crippen molar-refractivity contribution < 1.29 is 47.8 Å². The fourth-order valence-corrected chi connectivity index (χ4v) is 7.82. The molecule has 52 heavy (non-hydrogen) atoms. The number of benzene rings is 2. The van der Waals surface area contributed by atoms with Gasteiger partial charge in [-0.1, -0.05) is 24.3 Å². The van der Waals surface area contributed by atoms with Gasteiger partial charge in [0.15, 0.2) is 34.7 Å². The summed E-state index contributed by atoms with van der Waals surface area (Å²) >= 11 is 0. The maximum Gasteiger partial charge on any atom is 0.411 e.